The van der Waals surface area contributed by atoms with E-state index in [1.54, 1.807) is 0 Å². The van der Waals surface area contributed by atoms with Crippen LogP contribution in [0.15, 0.2) is 73.1 Å². The SMILES string of the molecule is CN1CCN(c2ccc(-c3cc4c(cn3)CCc3c-4[nH]c4c3C(=O)NC3(CC3)C4)cc2)CC1.O=C1NC2(CC2)Cc2[nH]c3c(c21)CCc1cnc(-c2ccc(N4CCNCC4)cc2)cc1-3. The number of nitrogens with zero attached hydrogens (tertiary/aromatic N) is 5. The van der Waals surface area contributed by atoms with Crippen LogP contribution in [0.1, 0.15) is 80.0 Å². The molecule has 0 radical (unpaired) electrons. The van der Waals surface area contributed by atoms with Gasteiger partial charge in [0.2, 0.25) is 0 Å². The fourth-order valence-corrected chi connectivity index (χ4v) is 11.6. The van der Waals surface area contributed by atoms with Crippen LogP contribution in [0.3, 0.4) is 0 Å². The van der Waals surface area contributed by atoms with Gasteiger partial charge >= 0.3 is 0 Å². The highest BCUT2D eigenvalue weighted by atomic mass is 16.2. The predicted molar refractivity (Wildman–Crippen MR) is 255 cm³/mol. The number of carbonyl (C=O) groups excluding carboxylic acids is 2. The smallest absolute Gasteiger partial charge is 0.253 e. The van der Waals surface area contributed by atoms with Crippen molar-refractivity contribution in [3.05, 3.63) is 118 Å². The summed E-state index contributed by atoms with van der Waals surface area (Å²) >= 11 is 0. The summed E-state index contributed by atoms with van der Waals surface area (Å²) in [5.74, 6) is 0.228. The molecule has 0 bridgehead atoms. The maximum absolute atomic E-state index is 12.9. The number of likely N-dealkylation sites (N-methyl/N-ethyl adjacent to an activating group) is 1. The Hall–Kier alpha value is -6.24. The molecule has 330 valence electrons. The molecule has 2 saturated heterocycles. The summed E-state index contributed by atoms with van der Waals surface area (Å²) in [6.07, 6.45) is 14.0. The molecule has 4 aliphatic heterocycles. The fourth-order valence-electron chi connectivity index (χ4n) is 11.6. The lowest BCUT2D eigenvalue weighted by Gasteiger charge is -2.34. The number of benzene rings is 2. The number of pyridine rings is 2. The largest absolute Gasteiger partial charge is 0.369 e. The van der Waals surface area contributed by atoms with Crippen molar-refractivity contribution < 1.29 is 9.59 Å². The van der Waals surface area contributed by atoms with Crippen molar-refractivity contribution in [2.24, 2.45) is 0 Å². The van der Waals surface area contributed by atoms with Gasteiger partial charge in [0, 0.05) is 134 Å². The number of aromatic nitrogens is 4. The Morgan fingerprint density at radius 2 is 1.00 bits per heavy atom. The van der Waals surface area contributed by atoms with E-state index < -0.39 is 0 Å². The normalized spacial score (nSPS) is 20.6. The van der Waals surface area contributed by atoms with Crippen LogP contribution in [-0.4, -0.2) is 107 Å². The monoisotopic (exact) mass is 864 g/mol. The number of hydrogen-bond acceptors (Lipinski definition) is 8. The molecule has 2 saturated carbocycles. The van der Waals surface area contributed by atoms with Crippen LogP contribution in [0, 0.1) is 0 Å². The van der Waals surface area contributed by atoms with E-state index in [1.807, 2.05) is 12.4 Å². The van der Waals surface area contributed by atoms with E-state index in [1.165, 1.54) is 44.8 Å². The zero-order chi connectivity index (χ0) is 43.4. The maximum atomic E-state index is 12.9. The zero-order valence-electron chi connectivity index (χ0n) is 37.2. The lowest BCUT2D eigenvalue weighted by molar-refractivity contribution is 0.0908. The lowest BCUT2D eigenvalue weighted by Crippen LogP contribution is -2.44. The highest BCUT2D eigenvalue weighted by Gasteiger charge is 2.50. The first-order valence-electron chi connectivity index (χ1n) is 24.0. The van der Waals surface area contributed by atoms with Crippen molar-refractivity contribution in [3.8, 4) is 45.0 Å². The number of nitrogens with one attached hydrogen (secondary N) is 5. The number of aryl methyl sites for hydroxylation is 2. The third-order valence-electron chi connectivity index (χ3n) is 15.8. The van der Waals surface area contributed by atoms with Crippen LogP contribution in [0.5, 0.6) is 0 Å². The number of hydrogen-bond donors (Lipinski definition) is 5. The standard InChI is InChI=1S/C27H29N5O.C26H27N5O/c1-31-10-12-32(13-11-31)19-5-2-17(3-6-19)22-14-21-18(16-28-22)4-7-20-24-23(29-25(20)21)15-27(8-9-27)30-26(24)33;32-25-23-19-6-3-17-15-28-21(16-1-4-18(5-2-16)31-11-9-27-10-12-31)13-20(17)24(19)29-22(23)14-26(30-25)7-8-26/h2-3,5-6,14,16,29H,4,7-13,15H2,1H3,(H,30,33);1-2,4-5,13,15,27,29H,3,6-12,14H2,(H,30,32). The number of H-pyrrole nitrogens is 2. The van der Waals surface area contributed by atoms with Gasteiger partial charge in [0.25, 0.3) is 11.8 Å². The van der Waals surface area contributed by atoms with Crippen LogP contribution >= 0.6 is 0 Å². The molecule has 65 heavy (non-hydrogen) atoms. The van der Waals surface area contributed by atoms with Crippen molar-refractivity contribution >= 4 is 23.2 Å². The topological polar surface area (TPSA) is 137 Å². The number of aromatic amines is 2. The van der Waals surface area contributed by atoms with E-state index in [2.05, 4.69) is 108 Å². The molecule has 4 fully saturated rings. The number of fused-ring (bicyclic) bond motifs is 10. The van der Waals surface area contributed by atoms with Crippen LogP contribution < -0.4 is 25.8 Å². The molecule has 4 aliphatic carbocycles. The second-order valence-corrected chi connectivity index (χ2v) is 20.1. The number of amides is 2. The number of anilines is 2. The predicted octanol–water partition coefficient (Wildman–Crippen LogP) is 6.48. The molecule has 14 rings (SSSR count). The van der Waals surface area contributed by atoms with Gasteiger partial charge in [-0.25, -0.2) is 0 Å². The van der Waals surface area contributed by atoms with Crippen LogP contribution in [0.2, 0.25) is 0 Å². The zero-order valence-corrected chi connectivity index (χ0v) is 37.2. The van der Waals surface area contributed by atoms with E-state index in [4.69, 9.17) is 9.97 Å². The van der Waals surface area contributed by atoms with E-state index in [0.29, 0.717) is 0 Å². The van der Waals surface area contributed by atoms with Gasteiger partial charge in [0.05, 0.1) is 33.9 Å². The lowest BCUT2D eigenvalue weighted by atomic mass is 9.87. The molecule has 8 aliphatic rings. The molecule has 6 aromatic rings. The first-order chi connectivity index (χ1) is 31.8. The molecule has 0 atom stereocenters. The molecule has 2 amide bonds. The first-order valence-corrected chi connectivity index (χ1v) is 24.0. The van der Waals surface area contributed by atoms with Crippen molar-refractivity contribution in [3.63, 3.8) is 0 Å². The van der Waals surface area contributed by atoms with Crippen LogP contribution in [-0.2, 0) is 38.5 Å². The molecule has 2 spiro atoms. The Kier molecular flexibility index (Phi) is 8.97. The number of carbonyl (C=O) groups is 2. The third kappa shape index (κ3) is 6.86. The second kappa shape index (κ2) is 14.9. The molecule has 12 nitrogen and oxygen atoms in total. The summed E-state index contributed by atoms with van der Waals surface area (Å²) in [5.41, 5.74) is 20.5. The molecule has 2 aromatic carbocycles. The van der Waals surface area contributed by atoms with E-state index in [-0.39, 0.29) is 22.9 Å². The summed E-state index contributed by atoms with van der Waals surface area (Å²) in [4.78, 5) is 50.0. The van der Waals surface area contributed by atoms with Crippen LogP contribution in [0.4, 0.5) is 11.4 Å². The average Bonchev–Trinajstić information content (AvgIpc) is 4.18. The number of rotatable bonds is 4. The van der Waals surface area contributed by atoms with Gasteiger partial charge in [-0.2, -0.15) is 0 Å². The van der Waals surface area contributed by atoms with Gasteiger partial charge in [-0.1, -0.05) is 24.3 Å². The van der Waals surface area contributed by atoms with E-state index in [9.17, 15) is 9.59 Å². The van der Waals surface area contributed by atoms with E-state index >= 15 is 0 Å². The Morgan fingerprint density at radius 3 is 1.45 bits per heavy atom. The first kappa shape index (κ1) is 39.2. The number of piperazine rings is 2. The molecule has 12 heteroatoms. The van der Waals surface area contributed by atoms with Crippen molar-refractivity contribution in [2.75, 3.05) is 69.2 Å². The fraction of sp³-hybridized carbons (Fsp3) is 0.396. The van der Waals surface area contributed by atoms with Gasteiger partial charge in [0.1, 0.15) is 0 Å². The molecule has 4 aromatic heterocycles. The minimum absolute atomic E-state index is 0.0231. The van der Waals surface area contributed by atoms with Crippen molar-refractivity contribution in [1.29, 1.82) is 0 Å². The van der Waals surface area contributed by atoms with Gasteiger partial charge in [-0.3, -0.25) is 19.6 Å². The van der Waals surface area contributed by atoms with E-state index in [0.717, 1.165) is 173 Å². The molecular formula is C53H56N10O2. The maximum Gasteiger partial charge on any atom is 0.253 e. The minimum Gasteiger partial charge on any atom is -0.369 e. The Bertz CT molecular complexity index is 2890. The Balaban J connectivity index is 0.000000130. The molecule has 8 heterocycles. The highest BCUT2D eigenvalue weighted by molar-refractivity contribution is 6.02. The summed E-state index contributed by atoms with van der Waals surface area (Å²) in [6.45, 7) is 8.53. The summed E-state index contributed by atoms with van der Waals surface area (Å²) in [6, 6.07) is 22.0. The summed E-state index contributed by atoms with van der Waals surface area (Å²) in [5, 5.41) is 9.96. The molecular weight excluding hydrogens is 809 g/mol. The van der Waals surface area contributed by atoms with Gasteiger partial charge in [0.15, 0.2) is 0 Å². The van der Waals surface area contributed by atoms with Crippen molar-refractivity contribution in [2.45, 2.75) is 75.3 Å². The summed E-state index contributed by atoms with van der Waals surface area (Å²) in [7, 11) is 2.19. The molecule has 5 N–H and O–H groups in total. The molecule has 0 unspecified atom stereocenters. The summed E-state index contributed by atoms with van der Waals surface area (Å²) < 4.78 is 0. The third-order valence-corrected chi connectivity index (χ3v) is 15.8. The van der Waals surface area contributed by atoms with Gasteiger partial charge < -0.3 is 40.6 Å². The quantitative estimate of drug-likeness (QED) is 0.136. The Morgan fingerprint density at radius 1 is 0.554 bits per heavy atom. The van der Waals surface area contributed by atoms with Crippen molar-refractivity contribution in [1.82, 2.24) is 40.8 Å². The van der Waals surface area contributed by atoms with Crippen LogP contribution in [0.25, 0.3) is 45.0 Å². The second-order valence-electron chi connectivity index (χ2n) is 20.1. The Labute approximate surface area is 379 Å². The minimum atomic E-state index is 0.0231. The highest BCUT2D eigenvalue weighted by Crippen LogP contribution is 2.47. The average molecular weight is 865 g/mol. The van der Waals surface area contributed by atoms with Gasteiger partial charge in [-0.15, -0.1) is 0 Å². The van der Waals surface area contributed by atoms with Gasteiger partial charge in [-0.05, 0) is 117 Å².